The molecule has 0 bridgehead atoms. The van der Waals surface area contributed by atoms with Gasteiger partial charge in [-0.05, 0) is 11.1 Å². The van der Waals surface area contributed by atoms with Crippen LogP contribution in [0, 0.1) is 0 Å². The number of dihydropyridines is 1. The third-order valence-corrected chi connectivity index (χ3v) is 2.51. The van der Waals surface area contributed by atoms with E-state index in [1.54, 1.807) is 5.01 Å². The average Bonchev–Trinajstić information content (AvgIpc) is 2.30. The summed E-state index contributed by atoms with van der Waals surface area (Å²) < 4.78 is 0. The fourth-order valence-electron chi connectivity index (χ4n) is 1.61. The van der Waals surface area contributed by atoms with Crippen LogP contribution < -0.4 is 5.84 Å². The van der Waals surface area contributed by atoms with Crippen molar-refractivity contribution < 1.29 is 0 Å². The molecule has 1 aliphatic rings. The van der Waals surface area contributed by atoms with Crippen molar-refractivity contribution in [2.75, 3.05) is 7.05 Å². The van der Waals surface area contributed by atoms with Gasteiger partial charge in [0.15, 0.2) is 0 Å². The van der Waals surface area contributed by atoms with Gasteiger partial charge in [-0.15, -0.1) is 0 Å². The maximum absolute atomic E-state index is 5.64. The highest BCUT2D eigenvalue weighted by Gasteiger charge is 2.12. The van der Waals surface area contributed by atoms with Gasteiger partial charge in [0, 0.05) is 19.7 Å². The van der Waals surface area contributed by atoms with E-state index in [0.717, 1.165) is 6.42 Å². The van der Waals surface area contributed by atoms with Crippen LogP contribution in [0.25, 0.3) is 5.57 Å². The fraction of sp³-hybridized carbons (Fsp3) is 0.250. The van der Waals surface area contributed by atoms with Crippen molar-refractivity contribution in [3.8, 4) is 0 Å². The lowest BCUT2D eigenvalue weighted by Crippen LogP contribution is -2.36. The summed E-state index contributed by atoms with van der Waals surface area (Å²) in [4.78, 5) is 4.39. The first-order valence-corrected chi connectivity index (χ1v) is 5.03. The van der Waals surface area contributed by atoms with Crippen molar-refractivity contribution >= 4 is 11.8 Å². The molecular formula is C12H15N3. The molecule has 1 aliphatic heterocycles. The van der Waals surface area contributed by atoms with Crippen LogP contribution in [0.2, 0.25) is 0 Å². The number of aliphatic imine (C=N–C) groups is 1. The van der Waals surface area contributed by atoms with Crippen molar-refractivity contribution in [2.45, 2.75) is 12.6 Å². The van der Waals surface area contributed by atoms with E-state index in [1.165, 1.54) is 11.1 Å². The summed E-state index contributed by atoms with van der Waals surface area (Å²) in [5.41, 5.74) is 2.38. The SMILES string of the molecule is CN(N)C1CC=C(c2ccccc2)C=N1. The van der Waals surface area contributed by atoms with E-state index < -0.39 is 0 Å². The smallest absolute Gasteiger partial charge is 0.117 e. The number of nitrogens with zero attached hydrogens (tertiary/aromatic N) is 2. The molecular weight excluding hydrogens is 186 g/mol. The molecule has 78 valence electrons. The number of benzene rings is 1. The average molecular weight is 201 g/mol. The van der Waals surface area contributed by atoms with Crippen molar-refractivity contribution in [3.05, 3.63) is 42.0 Å². The van der Waals surface area contributed by atoms with E-state index >= 15 is 0 Å². The Kier molecular flexibility index (Phi) is 2.94. The molecule has 1 unspecified atom stereocenters. The molecule has 0 radical (unpaired) electrons. The zero-order valence-corrected chi connectivity index (χ0v) is 8.80. The van der Waals surface area contributed by atoms with E-state index in [0.29, 0.717) is 0 Å². The third kappa shape index (κ3) is 2.32. The van der Waals surface area contributed by atoms with Gasteiger partial charge < -0.3 is 0 Å². The highest BCUT2D eigenvalue weighted by molar-refractivity contribution is 6.10. The molecule has 0 amide bonds. The minimum atomic E-state index is 0.0810. The lowest BCUT2D eigenvalue weighted by atomic mass is 10.0. The Balaban J connectivity index is 2.13. The molecule has 0 aromatic heterocycles. The zero-order chi connectivity index (χ0) is 10.7. The predicted octanol–water partition coefficient (Wildman–Crippen LogP) is 1.68. The molecule has 2 rings (SSSR count). The van der Waals surface area contributed by atoms with Crippen molar-refractivity contribution in [2.24, 2.45) is 10.8 Å². The largest absolute Gasteiger partial charge is 0.272 e. The molecule has 0 saturated heterocycles. The van der Waals surface area contributed by atoms with Gasteiger partial charge in [0.05, 0.1) is 0 Å². The lowest BCUT2D eigenvalue weighted by Gasteiger charge is -2.21. The number of nitrogens with two attached hydrogens (primary N) is 1. The van der Waals surface area contributed by atoms with E-state index in [9.17, 15) is 0 Å². The summed E-state index contributed by atoms with van der Waals surface area (Å²) in [7, 11) is 1.84. The summed E-state index contributed by atoms with van der Waals surface area (Å²) in [6.45, 7) is 0. The van der Waals surface area contributed by atoms with Gasteiger partial charge in [0.1, 0.15) is 6.17 Å². The van der Waals surface area contributed by atoms with Gasteiger partial charge in [0.25, 0.3) is 0 Å². The molecule has 15 heavy (non-hydrogen) atoms. The van der Waals surface area contributed by atoms with Crippen LogP contribution in [0.3, 0.4) is 0 Å². The van der Waals surface area contributed by atoms with Gasteiger partial charge in [-0.2, -0.15) is 0 Å². The van der Waals surface area contributed by atoms with Gasteiger partial charge in [-0.25, -0.2) is 5.01 Å². The van der Waals surface area contributed by atoms with Gasteiger partial charge in [-0.3, -0.25) is 10.8 Å². The zero-order valence-electron chi connectivity index (χ0n) is 8.80. The maximum atomic E-state index is 5.64. The summed E-state index contributed by atoms with van der Waals surface area (Å²) >= 11 is 0. The monoisotopic (exact) mass is 201 g/mol. The van der Waals surface area contributed by atoms with Crippen molar-refractivity contribution in [3.63, 3.8) is 0 Å². The minimum absolute atomic E-state index is 0.0810. The van der Waals surface area contributed by atoms with Crippen LogP contribution >= 0.6 is 0 Å². The summed E-state index contributed by atoms with van der Waals surface area (Å²) in [5.74, 6) is 5.64. The second kappa shape index (κ2) is 4.38. The second-order valence-corrected chi connectivity index (χ2v) is 3.69. The Morgan fingerprint density at radius 2 is 2.07 bits per heavy atom. The Morgan fingerprint density at radius 3 is 2.60 bits per heavy atom. The molecule has 1 aromatic rings. The third-order valence-electron chi connectivity index (χ3n) is 2.51. The normalized spacial score (nSPS) is 20.5. The Labute approximate surface area is 89.9 Å². The Bertz CT molecular complexity index is 379. The first kappa shape index (κ1) is 10.1. The Hall–Kier alpha value is -1.45. The van der Waals surface area contributed by atoms with Crippen LogP contribution in [0.5, 0.6) is 0 Å². The van der Waals surface area contributed by atoms with Gasteiger partial charge in [0.2, 0.25) is 0 Å². The first-order valence-electron chi connectivity index (χ1n) is 5.03. The first-order chi connectivity index (χ1) is 7.27. The van der Waals surface area contributed by atoms with Gasteiger partial charge >= 0.3 is 0 Å². The van der Waals surface area contributed by atoms with Crippen molar-refractivity contribution in [1.82, 2.24) is 5.01 Å². The van der Waals surface area contributed by atoms with E-state index in [1.807, 2.05) is 31.5 Å². The van der Waals surface area contributed by atoms with Crippen LogP contribution in [0.15, 0.2) is 41.4 Å². The second-order valence-electron chi connectivity index (χ2n) is 3.69. The van der Waals surface area contributed by atoms with Crippen LogP contribution in [-0.2, 0) is 0 Å². The molecule has 0 fully saturated rings. The minimum Gasteiger partial charge on any atom is -0.272 e. The molecule has 1 heterocycles. The number of hydrazine groups is 1. The molecule has 1 aromatic carbocycles. The topological polar surface area (TPSA) is 41.6 Å². The Morgan fingerprint density at radius 1 is 1.33 bits per heavy atom. The predicted molar refractivity (Wildman–Crippen MR) is 63.3 cm³/mol. The van der Waals surface area contributed by atoms with E-state index in [2.05, 4.69) is 23.2 Å². The standard InChI is InChI=1S/C12H15N3/c1-15(13)12-8-7-11(9-14-12)10-5-3-2-4-6-10/h2-7,9,12H,8,13H2,1H3. The molecule has 0 saturated carbocycles. The summed E-state index contributed by atoms with van der Waals surface area (Å²) in [6.07, 6.45) is 5.02. The number of rotatable bonds is 2. The van der Waals surface area contributed by atoms with Crippen LogP contribution in [0.1, 0.15) is 12.0 Å². The van der Waals surface area contributed by atoms with Gasteiger partial charge in [-0.1, -0.05) is 36.4 Å². The fourth-order valence-corrected chi connectivity index (χ4v) is 1.61. The molecule has 3 nitrogen and oxygen atoms in total. The van der Waals surface area contributed by atoms with Crippen molar-refractivity contribution in [1.29, 1.82) is 0 Å². The lowest BCUT2D eigenvalue weighted by molar-refractivity contribution is 0.258. The summed E-state index contributed by atoms with van der Waals surface area (Å²) in [6, 6.07) is 10.3. The number of hydrogen-bond acceptors (Lipinski definition) is 3. The van der Waals surface area contributed by atoms with E-state index in [4.69, 9.17) is 5.84 Å². The number of hydrogen-bond donors (Lipinski definition) is 1. The molecule has 0 aliphatic carbocycles. The number of allylic oxidation sites excluding steroid dienone is 1. The van der Waals surface area contributed by atoms with E-state index in [-0.39, 0.29) is 6.17 Å². The summed E-state index contributed by atoms with van der Waals surface area (Å²) in [5, 5.41) is 1.63. The molecule has 0 spiro atoms. The molecule has 2 N–H and O–H groups in total. The molecule has 3 heteroatoms. The maximum Gasteiger partial charge on any atom is 0.117 e. The highest BCUT2D eigenvalue weighted by atomic mass is 15.4. The molecule has 1 atom stereocenters. The van der Waals surface area contributed by atoms with Crippen LogP contribution in [-0.4, -0.2) is 24.4 Å². The van der Waals surface area contributed by atoms with Crippen LogP contribution in [0.4, 0.5) is 0 Å². The highest BCUT2D eigenvalue weighted by Crippen LogP contribution is 2.18. The quantitative estimate of drug-likeness (QED) is 0.584.